The van der Waals surface area contributed by atoms with Gasteiger partial charge in [0.25, 0.3) is 5.91 Å². The summed E-state index contributed by atoms with van der Waals surface area (Å²) in [6.45, 7) is 2.96. The summed E-state index contributed by atoms with van der Waals surface area (Å²) in [7, 11) is 1.78. The predicted octanol–water partition coefficient (Wildman–Crippen LogP) is 4.99. The predicted molar refractivity (Wildman–Crippen MR) is 114 cm³/mol. The van der Waals surface area contributed by atoms with Gasteiger partial charge in [0.1, 0.15) is 11.4 Å². The van der Waals surface area contributed by atoms with Gasteiger partial charge in [-0.1, -0.05) is 51.2 Å². The zero-order valence-corrected chi connectivity index (χ0v) is 17.8. The molecule has 0 fully saturated rings. The highest BCUT2D eigenvalue weighted by Gasteiger charge is 2.12. The standard InChI is InChI=1S/C23H34FN3O2/c1-3-20-17-22(27(2)26-20)23(28)25-18-19-12-11-13-21(16-19)29-15-10-8-6-4-5-7-9-14-24/h11-13,16-17H,3-10,14-15,18H2,1-2H3,(H,25,28). The summed E-state index contributed by atoms with van der Waals surface area (Å²) in [5.41, 5.74) is 2.48. The van der Waals surface area contributed by atoms with Crippen LogP contribution in [0.5, 0.6) is 5.75 Å². The number of carbonyl (C=O) groups excluding carboxylic acids is 1. The third-order valence-electron chi connectivity index (χ3n) is 4.92. The number of halogens is 1. The van der Waals surface area contributed by atoms with Crippen LogP contribution in [-0.4, -0.2) is 29.0 Å². The molecule has 1 aromatic heterocycles. The summed E-state index contributed by atoms with van der Waals surface area (Å²) in [4.78, 5) is 12.4. The minimum absolute atomic E-state index is 0.127. The molecule has 0 aliphatic heterocycles. The van der Waals surface area contributed by atoms with Gasteiger partial charge in [0, 0.05) is 13.6 Å². The largest absolute Gasteiger partial charge is 0.494 e. The molecule has 1 N–H and O–H groups in total. The maximum atomic E-state index is 12.4. The first-order valence-electron chi connectivity index (χ1n) is 10.7. The summed E-state index contributed by atoms with van der Waals surface area (Å²) < 4.78 is 19.5. The van der Waals surface area contributed by atoms with E-state index in [9.17, 15) is 9.18 Å². The van der Waals surface area contributed by atoms with Crippen LogP contribution in [-0.2, 0) is 20.0 Å². The molecule has 2 rings (SSSR count). The van der Waals surface area contributed by atoms with Crippen LogP contribution in [0.3, 0.4) is 0 Å². The van der Waals surface area contributed by atoms with Gasteiger partial charge in [-0.25, -0.2) is 0 Å². The molecule has 0 atom stereocenters. The second-order valence-corrected chi connectivity index (χ2v) is 7.34. The van der Waals surface area contributed by atoms with Gasteiger partial charge in [-0.05, 0) is 43.0 Å². The van der Waals surface area contributed by atoms with Crippen molar-refractivity contribution < 1.29 is 13.9 Å². The number of rotatable bonds is 14. The fourth-order valence-electron chi connectivity index (χ4n) is 3.20. The van der Waals surface area contributed by atoms with Crippen molar-refractivity contribution in [1.29, 1.82) is 0 Å². The molecule has 0 aliphatic rings. The van der Waals surface area contributed by atoms with Crippen LogP contribution in [0.15, 0.2) is 30.3 Å². The van der Waals surface area contributed by atoms with Gasteiger partial charge in [-0.3, -0.25) is 13.9 Å². The summed E-state index contributed by atoms with van der Waals surface area (Å²) in [6.07, 6.45) is 8.12. The van der Waals surface area contributed by atoms with Crippen molar-refractivity contribution >= 4 is 5.91 Å². The van der Waals surface area contributed by atoms with Crippen LogP contribution >= 0.6 is 0 Å². The second kappa shape index (κ2) is 13.0. The van der Waals surface area contributed by atoms with Gasteiger partial charge >= 0.3 is 0 Å². The molecule has 0 aliphatic carbocycles. The van der Waals surface area contributed by atoms with Crippen LogP contribution in [0.1, 0.15) is 73.6 Å². The molecule has 5 nitrogen and oxygen atoms in total. The first-order chi connectivity index (χ1) is 14.1. The number of unbranched alkanes of at least 4 members (excludes halogenated alkanes) is 6. The highest BCUT2D eigenvalue weighted by molar-refractivity contribution is 5.92. The Morgan fingerprint density at radius 2 is 1.83 bits per heavy atom. The van der Waals surface area contributed by atoms with Gasteiger partial charge in [0.15, 0.2) is 0 Å². The average molecular weight is 404 g/mol. The summed E-state index contributed by atoms with van der Waals surface area (Å²) in [6, 6.07) is 9.66. The zero-order chi connectivity index (χ0) is 20.9. The Hall–Kier alpha value is -2.37. The molecule has 0 saturated carbocycles. The third kappa shape index (κ3) is 8.26. The number of hydrogen-bond donors (Lipinski definition) is 1. The molecular formula is C23H34FN3O2. The topological polar surface area (TPSA) is 56.1 Å². The summed E-state index contributed by atoms with van der Waals surface area (Å²) in [5.74, 6) is 0.700. The van der Waals surface area contributed by atoms with Crippen molar-refractivity contribution in [2.75, 3.05) is 13.3 Å². The molecule has 0 bridgehead atoms. The molecule has 0 radical (unpaired) electrons. The molecule has 1 heterocycles. The van der Waals surface area contributed by atoms with Crippen LogP contribution < -0.4 is 10.1 Å². The first kappa shape index (κ1) is 22.9. The molecule has 1 amide bonds. The van der Waals surface area contributed by atoms with Crippen LogP contribution in [0.4, 0.5) is 4.39 Å². The van der Waals surface area contributed by atoms with E-state index in [-0.39, 0.29) is 12.6 Å². The Morgan fingerprint density at radius 3 is 2.52 bits per heavy atom. The van der Waals surface area contributed by atoms with E-state index in [1.807, 2.05) is 37.3 Å². The SMILES string of the molecule is CCc1cc(C(=O)NCc2cccc(OCCCCCCCCCF)c2)n(C)n1. The van der Waals surface area contributed by atoms with Crippen LogP contribution in [0.2, 0.25) is 0 Å². The minimum Gasteiger partial charge on any atom is -0.494 e. The van der Waals surface area contributed by atoms with Crippen LogP contribution in [0, 0.1) is 0 Å². The third-order valence-corrected chi connectivity index (χ3v) is 4.92. The van der Waals surface area contributed by atoms with E-state index < -0.39 is 0 Å². The smallest absolute Gasteiger partial charge is 0.269 e. The Bertz CT molecular complexity index is 745. The number of amides is 1. The van der Waals surface area contributed by atoms with Crippen molar-refractivity contribution in [1.82, 2.24) is 15.1 Å². The van der Waals surface area contributed by atoms with Gasteiger partial charge < -0.3 is 10.1 Å². The maximum absolute atomic E-state index is 12.4. The molecular weight excluding hydrogens is 369 g/mol. The number of hydrogen-bond acceptors (Lipinski definition) is 3. The highest BCUT2D eigenvalue weighted by Crippen LogP contribution is 2.15. The first-order valence-corrected chi connectivity index (χ1v) is 10.7. The summed E-state index contributed by atoms with van der Waals surface area (Å²) in [5, 5.41) is 7.26. The van der Waals surface area contributed by atoms with Crippen molar-refractivity contribution in [2.24, 2.45) is 7.05 Å². The number of aryl methyl sites for hydroxylation is 2. The van der Waals surface area contributed by atoms with E-state index in [1.54, 1.807) is 11.7 Å². The molecule has 160 valence electrons. The monoisotopic (exact) mass is 403 g/mol. The molecule has 0 unspecified atom stereocenters. The number of nitrogens with zero attached hydrogens (tertiary/aromatic N) is 2. The zero-order valence-electron chi connectivity index (χ0n) is 17.8. The normalized spacial score (nSPS) is 10.9. The van der Waals surface area contributed by atoms with Crippen molar-refractivity contribution in [3.8, 4) is 5.75 Å². The molecule has 1 aromatic carbocycles. The average Bonchev–Trinajstić information content (AvgIpc) is 3.12. The fraction of sp³-hybridized carbons (Fsp3) is 0.565. The number of benzene rings is 1. The van der Waals surface area contributed by atoms with Gasteiger partial charge in [0.2, 0.25) is 0 Å². The lowest BCUT2D eigenvalue weighted by Gasteiger charge is -2.09. The lowest BCUT2D eigenvalue weighted by atomic mass is 10.1. The number of carbonyl (C=O) groups is 1. The highest BCUT2D eigenvalue weighted by atomic mass is 19.1. The van der Waals surface area contributed by atoms with E-state index in [4.69, 9.17) is 4.74 Å². The van der Waals surface area contributed by atoms with Gasteiger partial charge in [0.05, 0.1) is 19.0 Å². The van der Waals surface area contributed by atoms with Gasteiger partial charge in [-0.15, -0.1) is 0 Å². The molecule has 6 heteroatoms. The number of ether oxygens (including phenoxy) is 1. The van der Waals surface area contributed by atoms with E-state index in [1.165, 1.54) is 12.8 Å². The summed E-state index contributed by atoms with van der Waals surface area (Å²) >= 11 is 0. The van der Waals surface area contributed by atoms with Crippen LogP contribution in [0.25, 0.3) is 0 Å². The van der Waals surface area contributed by atoms with E-state index >= 15 is 0 Å². The minimum atomic E-state index is -0.195. The van der Waals surface area contributed by atoms with E-state index in [2.05, 4.69) is 10.4 Å². The molecule has 0 spiro atoms. The number of aromatic nitrogens is 2. The maximum Gasteiger partial charge on any atom is 0.269 e. The van der Waals surface area contributed by atoms with Crippen molar-refractivity contribution in [3.05, 3.63) is 47.3 Å². The van der Waals surface area contributed by atoms with E-state index in [0.29, 0.717) is 25.3 Å². The van der Waals surface area contributed by atoms with E-state index in [0.717, 1.165) is 49.1 Å². The Balaban J connectivity index is 1.68. The number of nitrogens with one attached hydrogen (secondary N) is 1. The Morgan fingerprint density at radius 1 is 1.10 bits per heavy atom. The Labute approximate surface area is 173 Å². The molecule has 2 aromatic rings. The lowest BCUT2D eigenvalue weighted by Crippen LogP contribution is -2.25. The molecule has 0 saturated heterocycles. The van der Waals surface area contributed by atoms with Crippen molar-refractivity contribution in [2.45, 2.75) is 64.8 Å². The Kier molecular flexibility index (Phi) is 10.2. The lowest BCUT2D eigenvalue weighted by molar-refractivity contribution is 0.0941. The van der Waals surface area contributed by atoms with Gasteiger partial charge in [-0.2, -0.15) is 5.10 Å². The second-order valence-electron chi connectivity index (χ2n) is 7.34. The van der Waals surface area contributed by atoms with Crippen molar-refractivity contribution in [3.63, 3.8) is 0 Å². The fourth-order valence-corrected chi connectivity index (χ4v) is 3.20. The number of alkyl halides is 1. The molecule has 29 heavy (non-hydrogen) atoms. The quantitative estimate of drug-likeness (QED) is 0.452.